The van der Waals surface area contributed by atoms with Gasteiger partial charge < -0.3 is 5.32 Å². The van der Waals surface area contributed by atoms with Gasteiger partial charge in [0.05, 0.1) is 5.52 Å². The smallest absolute Gasteiger partial charge is 0.100 e. The second-order valence-electron chi connectivity index (χ2n) is 4.32. The predicted octanol–water partition coefficient (Wildman–Crippen LogP) is 3.28. The molecular formula is C15H15N3. The third kappa shape index (κ3) is 1.64. The second-order valence-corrected chi connectivity index (χ2v) is 4.32. The molecule has 1 aromatic heterocycles. The molecule has 0 aliphatic carbocycles. The SMILES string of the molecule is CNc1ccc(-c2nn(C)c3ccccc23)cc1. The van der Waals surface area contributed by atoms with Gasteiger partial charge in [0.2, 0.25) is 0 Å². The summed E-state index contributed by atoms with van der Waals surface area (Å²) in [5.74, 6) is 0. The highest BCUT2D eigenvalue weighted by molar-refractivity contribution is 5.93. The first kappa shape index (κ1) is 10.8. The van der Waals surface area contributed by atoms with Crippen LogP contribution in [0.4, 0.5) is 5.69 Å². The van der Waals surface area contributed by atoms with Gasteiger partial charge in [0.15, 0.2) is 0 Å². The Morgan fingerprint density at radius 3 is 2.44 bits per heavy atom. The molecule has 0 saturated heterocycles. The standard InChI is InChI=1S/C15H15N3/c1-16-12-9-7-11(8-10-12)15-13-5-3-4-6-14(13)18(2)17-15/h3-10,16H,1-2H3. The molecule has 3 aromatic rings. The van der Waals surface area contributed by atoms with Crippen molar-refractivity contribution in [1.82, 2.24) is 9.78 Å². The van der Waals surface area contributed by atoms with Crippen molar-refractivity contribution in [2.45, 2.75) is 0 Å². The van der Waals surface area contributed by atoms with E-state index in [0.717, 1.165) is 22.5 Å². The molecule has 0 fully saturated rings. The van der Waals surface area contributed by atoms with Crippen LogP contribution in [0.15, 0.2) is 48.5 Å². The second kappa shape index (κ2) is 4.18. The summed E-state index contributed by atoms with van der Waals surface area (Å²) in [6.07, 6.45) is 0. The molecule has 3 nitrogen and oxygen atoms in total. The van der Waals surface area contributed by atoms with Crippen LogP contribution < -0.4 is 5.32 Å². The van der Waals surface area contributed by atoms with Crippen LogP contribution in [0.25, 0.3) is 22.2 Å². The zero-order valence-corrected chi connectivity index (χ0v) is 10.5. The zero-order valence-electron chi connectivity index (χ0n) is 10.5. The Bertz CT molecular complexity index is 681. The lowest BCUT2D eigenvalue weighted by atomic mass is 10.1. The van der Waals surface area contributed by atoms with Gasteiger partial charge in [0.25, 0.3) is 0 Å². The number of fused-ring (bicyclic) bond motifs is 1. The van der Waals surface area contributed by atoms with Crippen molar-refractivity contribution in [1.29, 1.82) is 0 Å². The summed E-state index contributed by atoms with van der Waals surface area (Å²) in [5.41, 5.74) is 4.45. The number of aromatic nitrogens is 2. The quantitative estimate of drug-likeness (QED) is 0.741. The number of hydrogen-bond acceptors (Lipinski definition) is 2. The predicted molar refractivity (Wildman–Crippen MR) is 75.7 cm³/mol. The van der Waals surface area contributed by atoms with Crippen molar-refractivity contribution < 1.29 is 0 Å². The summed E-state index contributed by atoms with van der Waals surface area (Å²) in [6, 6.07) is 16.6. The fourth-order valence-corrected chi connectivity index (χ4v) is 2.22. The van der Waals surface area contributed by atoms with E-state index >= 15 is 0 Å². The van der Waals surface area contributed by atoms with Crippen LogP contribution in [0.5, 0.6) is 0 Å². The summed E-state index contributed by atoms with van der Waals surface area (Å²) in [6.45, 7) is 0. The minimum atomic E-state index is 1.04. The highest BCUT2D eigenvalue weighted by Gasteiger charge is 2.09. The van der Waals surface area contributed by atoms with E-state index in [4.69, 9.17) is 0 Å². The lowest BCUT2D eigenvalue weighted by Gasteiger charge is -2.01. The third-order valence-electron chi connectivity index (χ3n) is 3.20. The van der Waals surface area contributed by atoms with Crippen molar-refractivity contribution in [3.63, 3.8) is 0 Å². The minimum absolute atomic E-state index is 1.04. The summed E-state index contributed by atoms with van der Waals surface area (Å²) >= 11 is 0. The average molecular weight is 237 g/mol. The molecule has 1 N–H and O–H groups in total. The first-order chi connectivity index (χ1) is 8.79. The van der Waals surface area contributed by atoms with Gasteiger partial charge in [-0.05, 0) is 18.2 Å². The fourth-order valence-electron chi connectivity index (χ4n) is 2.22. The molecular weight excluding hydrogens is 222 g/mol. The van der Waals surface area contributed by atoms with Crippen molar-refractivity contribution >= 4 is 16.6 Å². The maximum Gasteiger partial charge on any atom is 0.100 e. The Kier molecular flexibility index (Phi) is 2.52. The molecule has 0 unspecified atom stereocenters. The first-order valence-electron chi connectivity index (χ1n) is 5.99. The molecule has 0 radical (unpaired) electrons. The van der Waals surface area contributed by atoms with Gasteiger partial charge in [-0.15, -0.1) is 0 Å². The van der Waals surface area contributed by atoms with E-state index in [0.29, 0.717) is 0 Å². The Morgan fingerprint density at radius 1 is 1.00 bits per heavy atom. The number of hydrogen-bond donors (Lipinski definition) is 1. The van der Waals surface area contributed by atoms with E-state index in [1.54, 1.807) is 0 Å². The van der Waals surface area contributed by atoms with Gasteiger partial charge in [-0.3, -0.25) is 4.68 Å². The van der Waals surface area contributed by atoms with E-state index in [1.165, 1.54) is 5.39 Å². The fraction of sp³-hybridized carbons (Fsp3) is 0.133. The zero-order chi connectivity index (χ0) is 12.5. The van der Waals surface area contributed by atoms with Crippen LogP contribution in [0.3, 0.4) is 0 Å². The number of nitrogens with one attached hydrogen (secondary N) is 1. The van der Waals surface area contributed by atoms with Gasteiger partial charge >= 0.3 is 0 Å². The van der Waals surface area contributed by atoms with Gasteiger partial charge in [-0.1, -0.05) is 30.3 Å². The number of benzene rings is 2. The molecule has 0 bridgehead atoms. The van der Waals surface area contributed by atoms with E-state index in [2.05, 4.69) is 52.9 Å². The normalized spacial score (nSPS) is 10.8. The van der Waals surface area contributed by atoms with Crippen LogP contribution >= 0.6 is 0 Å². The van der Waals surface area contributed by atoms with E-state index in [-0.39, 0.29) is 0 Å². The highest BCUT2D eigenvalue weighted by atomic mass is 15.3. The number of aryl methyl sites for hydroxylation is 1. The van der Waals surface area contributed by atoms with Gasteiger partial charge in [0, 0.05) is 30.7 Å². The third-order valence-corrected chi connectivity index (χ3v) is 3.20. The molecule has 90 valence electrons. The molecule has 0 atom stereocenters. The van der Waals surface area contributed by atoms with Gasteiger partial charge in [0.1, 0.15) is 5.69 Å². The van der Waals surface area contributed by atoms with Gasteiger partial charge in [-0.25, -0.2) is 0 Å². The van der Waals surface area contributed by atoms with Gasteiger partial charge in [-0.2, -0.15) is 5.10 Å². The summed E-state index contributed by atoms with van der Waals surface area (Å²) in [7, 11) is 3.90. The maximum atomic E-state index is 4.61. The molecule has 3 rings (SSSR count). The van der Waals surface area contributed by atoms with Crippen molar-refractivity contribution in [3.8, 4) is 11.3 Å². The molecule has 2 aromatic carbocycles. The number of anilines is 1. The highest BCUT2D eigenvalue weighted by Crippen LogP contribution is 2.28. The molecule has 0 aliphatic heterocycles. The van der Waals surface area contributed by atoms with Crippen LogP contribution in [0.1, 0.15) is 0 Å². The van der Waals surface area contributed by atoms with Crippen molar-refractivity contribution in [2.75, 3.05) is 12.4 Å². The summed E-state index contributed by atoms with van der Waals surface area (Å²) in [4.78, 5) is 0. The van der Waals surface area contributed by atoms with E-state index in [1.807, 2.05) is 24.8 Å². The summed E-state index contributed by atoms with van der Waals surface area (Å²) < 4.78 is 1.93. The molecule has 0 aliphatic rings. The van der Waals surface area contributed by atoms with Crippen LogP contribution in [-0.2, 0) is 7.05 Å². The van der Waals surface area contributed by atoms with Crippen molar-refractivity contribution in [2.24, 2.45) is 7.05 Å². The maximum absolute atomic E-state index is 4.61. The largest absolute Gasteiger partial charge is 0.388 e. The minimum Gasteiger partial charge on any atom is -0.388 e. The number of nitrogens with zero attached hydrogens (tertiary/aromatic N) is 2. The number of para-hydroxylation sites is 1. The Morgan fingerprint density at radius 2 is 1.72 bits per heavy atom. The molecule has 3 heteroatoms. The Labute approximate surface area is 106 Å². The monoisotopic (exact) mass is 237 g/mol. The van der Waals surface area contributed by atoms with Crippen molar-refractivity contribution in [3.05, 3.63) is 48.5 Å². The molecule has 0 saturated carbocycles. The Balaban J connectivity index is 2.18. The lowest BCUT2D eigenvalue weighted by Crippen LogP contribution is -1.90. The lowest BCUT2D eigenvalue weighted by molar-refractivity contribution is 0.800. The van der Waals surface area contributed by atoms with E-state index < -0.39 is 0 Å². The molecule has 1 heterocycles. The average Bonchev–Trinajstić information content (AvgIpc) is 2.77. The molecule has 0 spiro atoms. The summed E-state index contributed by atoms with van der Waals surface area (Å²) in [5, 5.41) is 8.93. The topological polar surface area (TPSA) is 29.9 Å². The van der Waals surface area contributed by atoms with E-state index in [9.17, 15) is 0 Å². The van der Waals surface area contributed by atoms with Crippen LogP contribution in [0.2, 0.25) is 0 Å². The number of rotatable bonds is 2. The first-order valence-corrected chi connectivity index (χ1v) is 5.99. The Hall–Kier alpha value is -2.29. The molecule has 18 heavy (non-hydrogen) atoms. The van der Waals surface area contributed by atoms with Crippen LogP contribution in [-0.4, -0.2) is 16.8 Å². The van der Waals surface area contributed by atoms with Crippen LogP contribution in [0, 0.1) is 0 Å². The molecule has 0 amide bonds.